The van der Waals surface area contributed by atoms with Crippen molar-refractivity contribution in [2.75, 3.05) is 24.7 Å². The first-order valence-corrected chi connectivity index (χ1v) is 23.7. The van der Waals surface area contributed by atoms with Crippen molar-refractivity contribution in [3.63, 3.8) is 0 Å². The smallest absolute Gasteiger partial charge is 0.224 e. The number of fused-ring (bicyclic) bond motifs is 7. The highest BCUT2D eigenvalue weighted by atomic mass is 32.2. The zero-order valence-electron chi connectivity index (χ0n) is 35.3. The van der Waals surface area contributed by atoms with E-state index >= 15 is 0 Å². The van der Waals surface area contributed by atoms with Crippen LogP contribution >= 0.6 is 12.2 Å². The highest BCUT2D eigenvalue weighted by molar-refractivity contribution is 7.88. The van der Waals surface area contributed by atoms with Crippen LogP contribution in [0.15, 0.2) is 110 Å². The number of hydrogen-bond acceptors (Lipinski definition) is 9. The topological polar surface area (TPSA) is 173 Å². The Bertz CT molecular complexity index is 2950. The first-order chi connectivity index (χ1) is 30.7. The first kappa shape index (κ1) is 42.8. The summed E-state index contributed by atoms with van der Waals surface area (Å²) in [5.41, 5.74) is 12.5. The molecule has 1 saturated heterocycles. The Hall–Kier alpha value is -6.48. The van der Waals surface area contributed by atoms with Gasteiger partial charge in [0.25, 0.3) is 0 Å². The van der Waals surface area contributed by atoms with Crippen LogP contribution in [0.5, 0.6) is 23.0 Å². The summed E-state index contributed by atoms with van der Waals surface area (Å²) in [5.74, 6) is 1.12. The van der Waals surface area contributed by atoms with Gasteiger partial charge < -0.3 is 35.3 Å². The molecule has 14 heteroatoms. The van der Waals surface area contributed by atoms with Gasteiger partial charge in [-0.2, -0.15) is 0 Å². The molecule has 5 aromatic carbocycles. The normalized spacial score (nSPS) is 15.5. The van der Waals surface area contributed by atoms with Crippen LogP contribution in [0, 0.1) is 0 Å². The van der Waals surface area contributed by atoms with Gasteiger partial charge in [-0.15, -0.1) is 0 Å². The van der Waals surface area contributed by atoms with Gasteiger partial charge in [-0.25, -0.2) is 12.7 Å². The lowest BCUT2D eigenvalue weighted by Crippen LogP contribution is -2.38. The van der Waals surface area contributed by atoms with Crippen LogP contribution < -0.4 is 15.8 Å². The zero-order chi connectivity index (χ0) is 44.9. The Balaban J connectivity index is 0.824. The van der Waals surface area contributed by atoms with Crippen LogP contribution in [0.2, 0.25) is 0 Å². The van der Waals surface area contributed by atoms with Crippen LogP contribution in [-0.4, -0.2) is 63.5 Å². The summed E-state index contributed by atoms with van der Waals surface area (Å²) in [6.45, 7) is 5.06. The molecular formula is C50H48N4O8S2. The minimum atomic E-state index is -3.28. The molecular weight excluding hydrogens is 849 g/mol. The summed E-state index contributed by atoms with van der Waals surface area (Å²) in [7, 11) is -3.28. The number of nitrogens with two attached hydrogens (primary N) is 1. The van der Waals surface area contributed by atoms with E-state index < -0.39 is 15.6 Å². The second-order valence-electron chi connectivity index (χ2n) is 16.8. The molecule has 0 unspecified atom stereocenters. The molecule has 0 atom stereocenters. The number of aromatic nitrogens is 1. The van der Waals surface area contributed by atoms with Crippen LogP contribution in [0.25, 0.3) is 27.8 Å². The van der Waals surface area contributed by atoms with Crippen LogP contribution in [-0.2, 0) is 25.2 Å². The van der Waals surface area contributed by atoms with E-state index in [9.17, 15) is 28.2 Å². The number of aromatic hydroxyl groups is 2. The molecule has 328 valence electrons. The third-order valence-corrected chi connectivity index (χ3v) is 14.2. The number of ether oxygens (including phenoxy) is 2. The Morgan fingerprint density at radius 2 is 1.50 bits per heavy atom. The predicted molar refractivity (Wildman–Crippen MR) is 251 cm³/mol. The molecule has 3 aliphatic rings. The van der Waals surface area contributed by atoms with Gasteiger partial charge in [0.15, 0.2) is 11.4 Å². The number of benzene rings is 5. The second-order valence-corrected chi connectivity index (χ2v) is 19.3. The van der Waals surface area contributed by atoms with Crippen molar-refractivity contribution < 1.29 is 37.7 Å². The van der Waals surface area contributed by atoms with Crippen molar-refractivity contribution in [1.29, 1.82) is 0 Å². The lowest BCUT2D eigenvalue weighted by molar-refractivity contribution is -0.116. The number of ketones is 1. The molecule has 3 aliphatic heterocycles. The fraction of sp³-hybridized carbons (Fsp3) is 0.260. The Kier molecular flexibility index (Phi) is 11.3. The van der Waals surface area contributed by atoms with E-state index in [1.54, 1.807) is 30.3 Å². The number of phenols is 2. The van der Waals surface area contributed by atoms with Gasteiger partial charge in [-0.05, 0) is 79.8 Å². The minimum absolute atomic E-state index is 0.00304. The van der Waals surface area contributed by atoms with Crippen molar-refractivity contribution in [3.05, 3.63) is 143 Å². The minimum Gasteiger partial charge on any atom is -0.508 e. The molecule has 1 amide bonds. The van der Waals surface area contributed by atoms with Gasteiger partial charge in [-0.3, -0.25) is 9.59 Å². The number of amides is 1. The molecule has 6 aromatic rings. The summed E-state index contributed by atoms with van der Waals surface area (Å²) in [6, 6.07) is 28.9. The number of rotatable bonds is 13. The van der Waals surface area contributed by atoms with E-state index in [0.29, 0.717) is 102 Å². The number of carbonyl (C=O) groups excluding carboxylic acids is 2. The van der Waals surface area contributed by atoms with E-state index in [1.807, 2.05) is 54.6 Å². The average molecular weight is 897 g/mol. The monoisotopic (exact) mass is 896 g/mol. The van der Waals surface area contributed by atoms with Crippen molar-refractivity contribution >= 4 is 61.3 Å². The Labute approximate surface area is 377 Å². The number of sulfonamides is 1. The van der Waals surface area contributed by atoms with Crippen LogP contribution in [0.4, 0.5) is 5.69 Å². The second kappa shape index (κ2) is 16.9. The van der Waals surface area contributed by atoms with E-state index in [4.69, 9.17) is 27.4 Å². The standard InChI is InChI=1S/C50H48N4O8S2/c1-30-39-25-32(12-17-41(39)50(62-30)42-18-14-36(55)27-46(42)61-47-28-37(56)15-19-43(47)50)45(57)10-5-3-4-6-11-48(58)52-34-13-16-38-40(31-8-7-9-33(24-31)49(51)63)29-54(44(38)26-34)35-20-22-53(23-21-35)64(2,59)60/h7-9,12-19,24-29,35,55-56H,1,3-6,10-11,20-23H2,2H3,(H2,51,63)(H,52,58). The fourth-order valence-electron chi connectivity index (χ4n) is 9.43. The third kappa shape index (κ3) is 8.01. The maximum absolute atomic E-state index is 13.5. The Morgan fingerprint density at radius 1 is 0.828 bits per heavy atom. The van der Waals surface area contributed by atoms with Gasteiger partial charge in [0.05, 0.1) is 11.8 Å². The maximum atomic E-state index is 13.5. The molecule has 0 bridgehead atoms. The first-order valence-electron chi connectivity index (χ1n) is 21.4. The van der Waals surface area contributed by atoms with Crippen molar-refractivity contribution in [2.24, 2.45) is 5.73 Å². The number of thiocarbonyl (C=S) groups is 1. The highest BCUT2D eigenvalue weighted by Crippen LogP contribution is 2.59. The largest absolute Gasteiger partial charge is 0.508 e. The number of carbonyl (C=O) groups is 2. The SMILES string of the molecule is C=C1OC2(c3ccc(O)cc3Oc3cc(O)ccc32)c2ccc(C(=O)CCCCCCC(=O)Nc3ccc4c(-c5cccc(C(N)=S)c5)cn(C5CCN(S(C)(=O)=O)CC5)c4c3)cc21. The number of hydrogen-bond donors (Lipinski definition) is 4. The summed E-state index contributed by atoms with van der Waals surface area (Å²) < 4.78 is 40.9. The number of phenolic OH excluding ortho intramolecular Hbond substituents is 2. The summed E-state index contributed by atoms with van der Waals surface area (Å²) >= 11 is 5.25. The van der Waals surface area contributed by atoms with Gasteiger partial charge >= 0.3 is 0 Å². The zero-order valence-corrected chi connectivity index (χ0v) is 36.9. The lowest BCUT2D eigenvalue weighted by Gasteiger charge is -2.37. The summed E-state index contributed by atoms with van der Waals surface area (Å²) in [6.07, 6.45) is 8.26. The van der Waals surface area contributed by atoms with Gasteiger partial charge in [-0.1, -0.05) is 68.0 Å². The molecule has 12 nitrogen and oxygen atoms in total. The average Bonchev–Trinajstić information content (AvgIpc) is 3.79. The fourth-order valence-corrected chi connectivity index (χ4v) is 10.4. The maximum Gasteiger partial charge on any atom is 0.224 e. The molecule has 1 spiro atoms. The highest BCUT2D eigenvalue weighted by Gasteiger charge is 2.52. The third-order valence-electron chi connectivity index (χ3n) is 12.6. The number of nitrogens with zero attached hydrogens (tertiary/aromatic N) is 2. The number of piperidine rings is 1. The van der Waals surface area contributed by atoms with E-state index in [2.05, 4.69) is 22.7 Å². The molecule has 0 saturated carbocycles. The number of nitrogens with one attached hydrogen (secondary N) is 1. The van der Waals surface area contributed by atoms with Crippen molar-refractivity contribution in [2.45, 2.75) is 63.0 Å². The summed E-state index contributed by atoms with van der Waals surface area (Å²) in [5, 5.41) is 24.6. The molecule has 0 aliphatic carbocycles. The van der Waals surface area contributed by atoms with Gasteiger partial charge in [0.2, 0.25) is 15.9 Å². The molecule has 0 radical (unpaired) electrons. The number of anilines is 1. The van der Waals surface area contributed by atoms with Crippen LogP contribution in [0.3, 0.4) is 0 Å². The summed E-state index contributed by atoms with van der Waals surface area (Å²) in [4.78, 5) is 27.0. The molecule has 4 heterocycles. The molecule has 5 N–H and O–H groups in total. The Morgan fingerprint density at radius 3 is 2.17 bits per heavy atom. The van der Waals surface area contributed by atoms with Crippen molar-refractivity contribution in [3.8, 4) is 34.1 Å². The molecule has 1 aromatic heterocycles. The lowest BCUT2D eigenvalue weighted by atomic mass is 9.77. The molecule has 64 heavy (non-hydrogen) atoms. The van der Waals surface area contributed by atoms with E-state index in [0.717, 1.165) is 46.0 Å². The van der Waals surface area contributed by atoms with E-state index in [1.165, 1.54) is 22.7 Å². The van der Waals surface area contributed by atoms with E-state index in [-0.39, 0.29) is 29.2 Å². The van der Waals surface area contributed by atoms with Crippen LogP contribution in [0.1, 0.15) is 95.6 Å². The van der Waals surface area contributed by atoms with Gasteiger partial charge in [0.1, 0.15) is 33.7 Å². The van der Waals surface area contributed by atoms with Crippen molar-refractivity contribution in [1.82, 2.24) is 8.87 Å². The quantitative estimate of drug-likeness (QED) is 0.0497. The molecule has 1 fully saturated rings. The number of unbranched alkanes of at least 4 members (excludes halogenated alkanes) is 3. The predicted octanol–water partition coefficient (Wildman–Crippen LogP) is 9.51. The van der Waals surface area contributed by atoms with Gasteiger partial charge in [0, 0.05) is 100 Å². The number of Topliss-reactive ketones (excluding diaryl/α,β-unsaturated/α-hetero) is 1. The molecule has 9 rings (SSSR count).